The van der Waals surface area contributed by atoms with E-state index in [9.17, 15) is 24.3 Å². The van der Waals surface area contributed by atoms with E-state index in [0.29, 0.717) is 25.3 Å². The van der Waals surface area contributed by atoms with Crippen molar-refractivity contribution in [1.82, 2.24) is 24.7 Å². The maximum atomic E-state index is 13.9. The van der Waals surface area contributed by atoms with Gasteiger partial charge < -0.3 is 20.7 Å². The summed E-state index contributed by atoms with van der Waals surface area (Å²) in [6.45, 7) is 1.20. The minimum Gasteiger partial charge on any atom is -0.480 e. The van der Waals surface area contributed by atoms with Crippen molar-refractivity contribution in [2.24, 2.45) is 5.73 Å². The molecule has 1 saturated heterocycles. The Morgan fingerprint density at radius 2 is 1.90 bits per heavy atom. The summed E-state index contributed by atoms with van der Waals surface area (Å²) in [5, 5.41) is 12.3. The third-order valence-corrected chi connectivity index (χ3v) is 8.01. The van der Waals surface area contributed by atoms with Crippen LogP contribution in [0.2, 0.25) is 0 Å². The molecule has 0 spiro atoms. The van der Waals surface area contributed by atoms with E-state index in [-0.39, 0.29) is 37.8 Å². The SMILES string of the molecule is CN(C)[C@@](CCC(N)=O)(C(=O)O)C(=O)CN(Cc1cccc2ccccc12)C[C@@H]1CCCN1C(=O)Cc1c[nH]cn1. The Labute approximate surface area is 239 Å². The Hall–Kier alpha value is -4.09. The van der Waals surface area contributed by atoms with Gasteiger partial charge in [0, 0.05) is 38.3 Å². The average molecular weight is 563 g/mol. The molecular formula is C30H38N6O5. The van der Waals surface area contributed by atoms with Crippen molar-refractivity contribution in [3.05, 3.63) is 66.2 Å². The number of nitrogens with two attached hydrogens (primary N) is 1. The molecule has 0 saturated carbocycles. The number of primary amides is 1. The number of ketones is 1. The number of carboxylic acids is 1. The van der Waals surface area contributed by atoms with Gasteiger partial charge in [0.1, 0.15) is 0 Å². The molecule has 11 heteroatoms. The molecule has 1 aliphatic rings. The van der Waals surface area contributed by atoms with Crippen molar-refractivity contribution in [3.8, 4) is 0 Å². The average Bonchev–Trinajstić information content (AvgIpc) is 3.61. The molecule has 11 nitrogen and oxygen atoms in total. The number of carbonyl (C=O) groups excluding carboxylic acids is 3. The van der Waals surface area contributed by atoms with Crippen LogP contribution in [0.3, 0.4) is 0 Å². The van der Waals surface area contributed by atoms with E-state index >= 15 is 0 Å². The largest absolute Gasteiger partial charge is 0.480 e. The van der Waals surface area contributed by atoms with Crippen LogP contribution in [0.1, 0.15) is 36.9 Å². The number of aromatic nitrogens is 2. The van der Waals surface area contributed by atoms with Gasteiger partial charge >= 0.3 is 5.97 Å². The molecular weight excluding hydrogens is 524 g/mol. The van der Waals surface area contributed by atoms with Crippen LogP contribution in [0.15, 0.2) is 55.0 Å². The first-order valence-corrected chi connectivity index (χ1v) is 13.8. The Morgan fingerprint density at radius 1 is 1.15 bits per heavy atom. The summed E-state index contributed by atoms with van der Waals surface area (Å²) >= 11 is 0. The number of hydrogen-bond acceptors (Lipinski definition) is 7. The predicted molar refractivity (Wildman–Crippen MR) is 154 cm³/mol. The number of hydrogen-bond donors (Lipinski definition) is 3. The van der Waals surface area contributed by atoms with Crippen LogP contribution in [0.25, 0.3) is 10.8 Å². The third-order valence-electron chi connectivity index (χ3n) is 8.01. The molecule has 2 amide bonds. The molecule has 2 heterocycles. The molecule has 0 bridgehead atoms. The molecule has 3 aromatic rings. The fourth-order valence-electron chi connectivity index (χ4n) is 5.82. The number of carboxylic acid groups (broad SMARTS) is 1. The van der Waals surface area contributed by atoms with Crippen LogP contribution in [-0.4, -0.2) is 98.7 Å². The van der Waals surface area contributed by atoms with Crippen molar-refractivity contribution >= 4 is 34.3 Å². The number of benzene rings is 2. The molecule has 1 fully saturated rings. The van der Waals surface area contributed by atoms with Crippen molar-refractivity contribution in [1.29, 1.82) is 0 Å². The van der Waals surface area contributed by atoms with E-state index in [1.54, 1.807) is 12.5 Å². The number of Topliss-reactive ketones (excluding diaryl/α,β-unsaturated/α-hetero) is 1. The molecule has 1 aliphatic heterocycles. The zero-order valence-corrected chi connectivity index (χ0v) is 23.6. The van der Waals surface area contributed by atoms with Crippen LogP contribution in [-0.2, 0) is 32.1 Å². The molecule has 2 atom stereocenters. The Morgan fingerprint density at radius 3 is 2.59 bits per heavy atom. The highest BCUT2D eigenvalue weighted by Gasteiger charge is 2.48. The highest BCUT2D eigenvalue weighted by molar-refractivity contribution is 6.09. The quantitative estimate of drug-likeness (QED) is 0.252. The maximum absolute atomic E-state index is 13.9. The molecule has 0 unspecified atom stereocenters. The smallest absolute Gasteiger partial charge is 0.331 e. The van der Waals surface area contributed by atoms with E-state index < -0.39 is 23.2 Å². The van der Waals surface area contributed by atoms with E-state index in [0.717, 1.165) is 29.2 Å². The number of nitrogens with one attached hydrogen (secondary N) is 1. The van der Waals surface area contributed by atoms with Gasteiger partial charge in [-0.15, -0.1) is 0 Å². The van der Waals surface area contributed by atoms with Crippen LogP contribution in [0.4, 0.5) is 0 Å². The standard InChI is InChI=1S/C30H38N6O5/c1-34(2)30(29(40)41,13-12-27(31)38)26(37)19-35(17-22-9-5-8-21-7-3-4-11-25(21)22)18-24-10-6-14-36(24)28(39)15-23-16-32-20-33-23/h3-5,7-9,11,16,20,24H,6,10,12-15,17-19H2,1-2H3,(H2,31,38)(H,32,33)(H,40,41)/t24-,30+/m0/s1. The van der Waals surface area contributed by atoms with Gasteiger partial charge in [0.15, 0.2) is 11.3 Å². The summed E-state index contributed by atoms with van der Waals surface area (Å²) in [7, 11) is 3.04. The van der Waals surface area contributed by atoms with Gasteiger partial charge in [-0.2, -0.15) is 0 Å². The lowest BCUT2D eigenvalue weighted by Gasteiger charge is -2.37. The number of imidazole rings is 1. The molecule has 4 N–H and O–H groups in total. The fourth-order valence-corrected chi connectivity index (χ4v) is 5.82. The van der Waals surface area contributed by atoms with Gasteiger partial charge in [0.25, 0.3) is 0 Å². The lowest BCUT2D eigenvalue weighted by Crippen LogP contribution is -2.60. The van der Waals surface area contributed by atoms with Crippen molar-refractivity contribution in [2.45, 2.75) is 50.2 Å². The summed E-state index contributed by atoms with van der Waals surface area (Å²) in [5.41, 5.74) is 5.08. The predicted octanol–water partition coefficient (Wildman–Crippen LogP) is 1.82. The second-order valence-electron chi connectivity index (χ2n) is 10.9. The van der Waals surface area contributed by atoms with Crippen molar-refractivity contribution in [3.63, 3.8) is 0 Å². The number of likely N-dealkylation sites (tertiary alicyclic amines) is 1. The van der Waals surface area contributed by atoms with E-state index in [4.69, 9.17) is 5.73 Å². The van der Waals surface area contributed by atoms with Crippen molar-refractivity contribution in [2.75, 3.05) is 33.7 Å². The first-order chi connectivity index (χ1) is 19.6. The summed E-state index contributed by atoms with van der Waals surface area (Å²) < 4.78 is 0. The molecule has 2 aromatic carbocycles. The second-order valence-corrected chi connectivity index (χ2v) is 10.9. The van der Waals surface area contributed by atoms with Crippen LogP contribution < -0.4 is 5.73 Å². The number of aromatic amines is 1. The van der Waals surface area contributed by atoms with E-state index in [1.807, 2.05) is 52.3 Å². The Bertz CT molecular complexity index is 1390. The molecule has 0 radical (unpaired) electrons. The van der Waals surface area contributed by atoms with E-state index in [1.165, 1.54) is 19.0 Å². The molecule has 0 aliphatic carbocycles. The van der Waals surface area contributed by atoms with Gasteiger partial charge in [-0.05, 0) is 49.7 Å². The normalized spacial score (nSPS) is 16.8. The number of fused-ring (bicyclic) bond motifs is 1. The monoisotopic (exact) mass is 562 g/mol. The Kier molecular flexibility index (Phi) is 9.51. The molecule has 1 aromatic heterocycles. The highest BCUT2D eigenvalue weighted by atomic mass is 16.4. The van der Waals surface area contributed by atoms with Crippen LogP contribution in [0, 0.1) is 0 Å². The summed E-state index contributed by atoms with van der Waals surface area (Å²) in [5.74, 6) is -2.57. The highest BCUT2D eigenvalue weighted by Crippen LogP contribution is 2.26. The number of H-pyrrole nitrogens is 1. The maximum Gasteiger partial charge on any atom is 0.331 e. The number of amides is 2. The van der Waals surface area contributed by atoms with Gasteiger partial charge in [0.05, 0.1) is 25.0 Å². The topological polar surface area (TPSA) is 153 Å². The number of carbonyl (C=O) groups is 4. The van der Waals surface area contributed by atoms with Crippen LogP contribution in [0.5, 0.6) is 0 Å². The number of likely N-dealkylation sites (N-methyl/N-ethyl adjacent to an activating group) is 1. The van der Waals surface area contributed by atoms with Crippen molar-refractivity contribution < 1.29 is 24.3 Å². The van der Waals surface area contributed by atoms with Gasteiger partial charge in [-0.1, -0.05) is 42.5 Å². The first-order valence-electron chi connectivity index (χ1n) is 13.8. The summed E-state index contributed by atoms with van der Waals surface area (Å²) in [4.78, 5) is 63.5. The van der Waals surface area contributed by atoms with Crippen LogP contribution >= 0.6 is 0 Å². The lowest BCUT2D eigenvalue weighted by molar-refractivity contribution is -0.157. The van der Waals surface area contributed by atoms with Gasteiger partial charge in [-0.25, -0.2) is 9.78 Å². The fraction of sp³-hybridized carbons (Fsp3) is 0.433. The molecule has 218 valence electrons. The number of rotatable bonds is 14. The zero-order chi connectivity index (χ0) is 29.6. The second kappa shape index (κ2) is 13.0. The molecule has 4 rings (SSSR count). The minimum atomic E-state index is -1.92. The minimum absolute atomic E-state index is 0.0364. The third kappa shape index (κ3) is 6.80. The Balaban J connectivity index is 1.63. The van der Waals surface area contributed by atoms with Gasteiger partial charge in [-0.3, -0.25) is 24.2 Å². The number of nitrogens with zero attached hydrogens (tertiary/aromatic N) is 4. The van der Waals surface area contributed by atoms with Gasteiger partial charge in [0.2, 0.25) is 11.8 Å². The summed E-state index contributed by atoms with van der Waals surface area (Å²) in [6.07, 6.45) is 4.56. The zero-order valence-electron chi connectivity index (χ0n) is 23.6. The van der Waals surface area contributed by atoms with E-state index in [2.05, 4.69) is 9.97 Å². The first kappa shape index (κ1) is 29.9. The molecule has 41 heavy (non-hydrogen) atoms. The summed E-state index contributed by atoms with van der Waals surface area (Å²) in [6, 6.07) is 13.8. The lowest BCUT2D eigenvalue weighted by atomic mass is 9.86. The number of aliphatic carboxylic acids is 1.